The maximum Gasteiger partial charge on any atom is 0.151 e. The van der Waals surface area contributed by atoms with Crippen molar-refractivity contribution in [2.24, 2.45) is 0 Å². The number of aryl methyl sites for hydroxylation is 1. The van der Waals surface area contributed by atoms with Crippen LogP contribution in [-0.4, -0.2) is 29.4 Å². The van der Waals surface area contributed by atoms with Gasteiger partial charge in [0.2, 0.25) is 0 Å². The van der Waals surface area contributed by atoms with Gasteiger partial charge in [-0.15, -0.1) is 0 Å². The van der Waals surface area contributed by atoms with Gasteiger partial charge in [-0.05, 0) is 19.9 Å². The van der Waals surface area contributed by atoms with Crippen molar-refractivity contribution in [3.05, 3.63) is 29.5 Å². The van der Waals surface area contributed by atoms with Crippen LogP contribution in [-0.2, 0) is 11.5 Å². The molecule has 0 bridgehead atoms. The highest BCUT2D eigenvalue weighted by atomic mass is 28.3. The molecule has 2 N–H and O–H groups in total. The van der Waals surface area contributed by atoms with E-state index in [1.54, 1.807) is 4.68 Å². The molecular weight excluding hydrogens is 311 g/mol. The fourth-order valence-electron chi connectivity index (χ4n) is 2.33. The van der Waals surface area contributed by atoms with Crippen LogP contribution in [0.25, 0.3) is 11.3 Å². The molecule has 0 aliphatic carbocycles. The van der Waals surface area contributed by atoms with Crippen molar-refractivity contribution >= 4 is 13.8 Å². The van der Waals surface area contributed by atoms with Crippen molar-refractivity contribution in [1.29, 1.82) is 0 Å². The van der Waals surface area contributed by atoms with Crippen LogP contribution in [0.1, 0.15) is 11.4 Å². The van der Waals surface area contributed by atoms with Gasteiger partial charge in [-0.3, -0.25) is 4.98 Å². The highest BCUT2D eigenvalue weighted by molar-refractivity contribution is 6.76. The molecule has 0 radical (unpaired) electrons. The lowest BCUT2D eigenvalue weighted by molar-refractivity contribution is 0.0770. The van der Waals surface area contributed by atoms with Crippen molar-refractivity contribution in [2.75, 3.05) is 12.3 Å². The summed E-state index contributed by atoms with van der Waals surface area (Å²) >= 11 is 0. The average Bonchev–Trinajstić information content (AvgIpc) is 2.70. The largest absolute Gasteiger partial charge is 0.397 e. The van der Waals surface area contributed by atoms with Gasteiger partial charge in [0.05, 0.1) is 17.6 Å². The van der Waals surface area contributed by atoms with E-state index >= 15 is 0 Å². The molecule has 0 aliphatic rings. The van der Waals surface area contributed by atoms with Crippen LogP contribution in [0.4, 0.5) is 10.1 Å². The highest BCUT2D eigenvalue weighted by Crippen LogP contribution is 2.28. The van der Waals surface area contributed by atoms with Crippen molar-refractivity contribution in [1.82, 2.24) is 14.8 Å². The predicted molar refractivity (Wildman–Crippen MR) is 93.4 cm³/mol. The third-order valence-corrected chi connectivity index (χ3v) is 5.39. The third-order valence-electron chi connectivity index (χ3n) is 3.69. The third kappa shape index (κ3) is 4.39. The Kier molecular flexibility index (Phi) is 5.21. The van der Waals surface area contributed by atoms with E-state index in [1.807, 2.05) is 13.8 Å². The minimum absolute atomic E-state index is 0.280. The summed E-state index contributed by atoms with van der Waals surface area (Å²) < 4.78 is 21.6. The fourth-order valence-corrected chi connectivity index (χ4v) is 3.09. The first-order chi connectivity index (χ1) is 10.7. The number of nitrogens with zero attached hydrogens (tertiary/aromatic N) is 3. The number of nitrogen functional groups attached to an aromatic ring is 1. The molecule has 0 amide bonds. The average molecular weight is 336 g/mol. The molecule has 0 unspecified atom stereocenters. The first kappa shape index (κ1) is 17.6. The topological polar surface area (TPSA) is 66.0 Å². The molecule has 0 aliphatic heterocycles. The predicted octanol–water partition coefficient (Wildman–Crippen LogP) is 3.60. The number of pyridine rings is 1. The van der Waals surface area contributed by atoms with Crippen LogP contribution in [0.5, 0.6) is 0 Å². The Labute approximate surface area is 137 Å². The lowest BCUT2D eigenvalue weighted by Gasteiger charge is -2.15. The molecule has 2 aromatic rings. The van der Waals surface area contributed by atoms with E-state index in [4.69, 9.17) is 10.5 Å². The van der Waals surface area contributed by atoms with Gasteiger partial charge in [-0.1, -0.05) is 19.6 Å². The summed E-state index contributed by atoms with van der Waals surface area (Å²) in [5.41, 5.74) is 8.43. The van der Waals surface area contributed by atoms with Gasteiger partial charge in [0.25, 0.3) is 0 Å². The first-order valence-corrected chi connectivity index (χ1v) is 11.4. The Morgan fingerprint density at radius 1 is 1.30 bits per heavy atom. The summed E-state index contributed by atoms with van der Waals surface area (Å²) in [6, 6.07) is 2.39. The van der Waals surface area contributed by atoms with Crippen molar-refractivity contribution in [3.63, 3.8) is 0 Å². The summed E-state index contributed by atoms with van der Waals surface area (Å²) in [7, 11) is -1.11. The Balaban J connectivity index is 2.16. The normalized spacial score (nSPS) is 11.9. The molecule has 0 saturated heterocycles. The number of nitrogens with two attached hydrogens (primary N) is 1. The Bertz CT molecular complexity index is 694. The number of aromatic nitrogens is 3. The second-order valence-electron chi connectivity index (χ2n) is 6.99. The van der Waals surface area contributed by atoms with Gasteiger partial charge in [0, 0.05) is 32.0 Å². The molecule has 23 heavy (non-hydrogen) atoms. The second-order valence-corrected chi connectivity index (χ2v) is 12.6. The Hall–Kier alpha value is -1.73. The van der Waals surface area contributed by atoms with Gasteiger partial charge in [-0.25, -0.2) is 9.07 Å². The molecule has 126 valence electrons. The zero-order valence-electron chi connectivity index (χ0n) is 14.5. The standard InChI is InChI=1S/C16H25FN4OSi/c1-11-15(16-14(17)8-13(18)9-19-16)12(2)21(20-11)10-22-6-7-23(3,4)5/h8-9H,6-7,10,18H2,1-5H3. The van der Waals surface area contributed by atoms with E-state index in [2.05, 4.69) is 29.7 Å². The van der Waals surface area contributed by atoms with Crippen molar-refractivity contribution in [3.8, 4) is 11.3 Å². The summed E-state index contributed by atoms with van der Waals surface area (Å²) in [5.74, 6) is -0.435. The van der Waals surface area contributed by atoms with E-state index in [0.29, 0.717) is 18.0 Å². The van der Waals surface area contributed by atoms with E-state index in [1.165, 1.54) is 12.3 Å². The molecular formula is C16H25FN4OSi. The number of anilines is 1. The minimum Gasteiger partial charge on any atom is -0.397 e. The van der Waals surface area contributed by atoms with Gasteiger partial charge in [0.15, 0.2) is 5.82 Å². The van der Waals surface area contributed by atoms with Crippen LogP contribution in [0.2, 0.25) is 25.7 Å². The summed E-state index contributed by atoms with van der Waals surface area (Å²) in [6.45, 7) is 11.8. The van der Waals surface area contributed by atoms with Crippen molar-refractivity contribution < 1.29 is 9.13 Å². The van der Waals surface area contributed by atoms with E-state index in [0.717, 1.165) is 24.0 Å². The summed E-state index contributed by atoms with van der Waals surface area (Å²) in [6.07, 6.45) is 1.46. The molecule has 7 heteroatoms. The molecule has 0 saturated carbocycles. The minimum atomic E-state index is -1.11. The number of halogens is 1. The van der Waals surface area contributed by atoms with Gasteiger partial charge >= 0.3 is 0 Å². The number of ether oxygens (including phenoxy) is 1. The maximum absolute atomic E-state index is 14.1. The second kappa shape index (κ2) is 6.80. The van der Waals surface area contributed by atoms with Gasteiger partial charge in [-0.2, -0.15) is 5.10 Å². The highest BCUT2D eigenvalue weighted by Gasteiger charge is 2.18. The lowest BCUT2D eigenvalue weighted by atomic mass is 10.1. The summed E-state index contributed by atoms with van der Waals surface area (Å²) in [5, 5.41) is 4.45. The van der Waals surface area contributed by atoms with Crippen LogP contribution in [0.3, 0.4) is 0 Å². The monoisotopic (exact) mass is 336 g/mol. The van der Waals surface area contributed by atoms with Gasteiger partial charge < -0.3 is 10.5 Å². The molecule has 2 heterocycles. The van der Waals surface area contributed by atoms with Crippen LogP contribution in [0.15, 0.2) is 12.3 Å². The van der Waals surface area contributed by atoms with Crippen molar-refractivity contribution in [2.45, 2.75) is 46.3 Å². The Morgan fingerprint density at radius 3 is 2.61 bits per heavy atom. The van der Waals surface area contributed by atoms with E-state index in [-0.39, 0.29) is 5.69 Å². The molecule has 0 atom stereocenters. The quantitative estimate of drug-likeness (QED) is 0.646. The van der Waals surface area contributed by atoms with Crippen LogP contribution < -0.4 is 5.73 Å². The maximum atomic E-state index is 14.1. The SMILES string of the molecule is Cc1nn(COCC[Si](C)(C)C)c(C)c1-c1ncc(N)cc1F. The number of hydrogen-bond acceptors (Lipinski definition) is 4. The van der Waals surface area contributed by atoms with Crippen LogP contribution in [0, 0.1) is 19.7 Å². The van der Waals surface area contributed by atoms with E-state index in [9.17, 15) is 4.39 Å². The first-order valence-electron chi connectivity index (χ1n) is 7.72. The summed E-state index contributed by atoms with van der Waals surface area (Å²) in [4.78, 5) is 4.12. The number of hydrogen-bond donors (Lipinski definition) is 1. The molecule has 2 aromatic heterocycles. The molecule has 5 nitrogen and oxygen atoms in total. The Morgan fingerprint density at radius 2 is 2.00 bits per heavy atom. The zero-order valence-corrected chi connectivity index (χ0v) is 15.5. The molecule has 0 fully saturated rings. The van der Waals surface area contributed by atoms with Crippen LogP contribution >= 0.6 is 0 Å². The number of rotatable bonds is 6. The molecule has 0 spiro atoms. The zero-order chi connectivity index (χ0) is 17.2. The van der Waals surface area contributed by atoms with Gasteiger partial charge in [0.1, 0.15) is 12.4 Å². The fraction of sp³-hybridized carbons (Fsp3) is 0.500. The molecule has 0 aromatic carbocycles. The smallest absolute Gasteiger partial charge is 0.151 e. The molecule has 2 rings (SSSR count). The van der Waals surface area contributed by atoms with E-state index < -0.39 is 13.9 Å². The lowest BCUT2D eigenvalue weighted by Crippen LogP contribution is -2.22.